The average molecular weight is 411 g/mol. The monoisotopic (exact) mass is 410 g/mol. The molecule has 2 aromatic rings. The van der Waals surface area contributed by atoms with Gasteiger partial charge in [0.25, 0.3) is 0 Å². The highest BCUT2D eigenvalue weighted by Crippen LogP contribution is 2.18. The number of hydrogen-bond donors (Lipinski definition) is 1. The van der Waals surface area contributed by atoms with E-state index in [1.807, 2.05) is 76.2 Å². The number of benzene rings is 2. The Balaban J connectivity index is 2.18. The minimum absolute atomic E-state index is 0.0463. The van der Waals surface area contributed by atoms with Gasteiger partial charge in [-0.25, -0.2) is 0 Å². The van der Waals surface area contributed by atoms with Crippen LogP contribution in [0.3, 0.4) is 0 Å². The smallest absolute Gasteiger partial charge is 0.242 e. The van der Waals surface area contributed by atoms with Crippen molar-refractivity contribution in [1.29, 1.82) is 0 Å². The molecule has 0 aliphatic rings. The lowest BCUT2D eigenvalue weighted by Crippen LogP contribution is -2.52. The molecule has 0 aromatic heterocycles. The molecule has 0 spiro atoms. The van der Waals surface area contributed by atoms with E-state index >= 15 is 0 Å². The molecule has 2 rings (SSSR count). The predicted molar refractivity (Wildman–Crippen MR) is 120 cm³/mol. The van der Waals surface area contributed by atoms with Crippen molar-refractivity contribution >= 4 is 11.8 Å². The van der Waals surface area contributed by atoms with Crippen molar-refractivity contribution in [3.8, 4) is 5.75 Å². The van der Waals surface area contributed by atoms with Crippen LogP contribution in [0.1, 0.15) is 50.8 Å². The van der Waals surface area contributed by atoms with Gasteiger partial charge in [-0.1, -0.05) is 42.0 Å². The van der Waals surface area contributed by atoms with Crippen LogP contribution >= 0.6 is 0 Å². The molecule has 0 radical (unpaired) electrons. The van der Waals surface area contributed by atoms with E-state index in [1.54, 1.807) is 18.9 Å². The Labute approximate surface area is 180 Å². The van der Waals surface area contributed by atoms with Gasteiger partial charge in [-0.3, -0.25) is 9.59 Å². The van der Waals surface area contributed by atoms with E-state index in [-0.39, 0.29) is 17.4 Å². The van der Waals surface area contributed by atoms with Crippen LogP contribution in [0.15, 0.2) is 48.5 Å². The maximum atomic E-state index is 13.2. The summed E-state index contributed by atoms with van der Waals surface area (Å²) in [6.07, 6.45) is 0.988. The van der Waals surface area contributed by atoms with Gasteiger partial charge in [0.05, 0.1) is 7.11 Å². The van der Waals surface area contributed by atoms with E-state index in [0.717, 1.165) is 16.9 Å². The van der Waals surface area contributed by atoms with Crippen molar-refractivity contribution in [3.05, 3.63) is 65.2 Å². The Bertz CT molecular complexity index is 853. The van der Waals surface area contributed by atoms with Crippen LogP contribution in [0.2, 0.25) is 0 Å². The summed E-state index contributed by atoms with van der Waals surface area (Å²) in [7, 11) is 1.61. The lowest BCUT2D eigenvalue weighted by atomic mass is 10.1. The largest absolute Gasteiger partial charge is 0.497 e. The minimum atomic E-state index is -0.582. The first-order valence-electron chi connectivity index (χ1n) is 10.4. The van der Waals surface area contributed by atoms with Gasteiger partial charge in [0.15, 0.2) is 0 Å². The zero-order valence-corrected chi connectivity index (χ0v) is 19.0. The molecule has 2 aromatic carbocycles. The highest BCUT2D eigenvalue weighted by atomic mass is 16.5. The summed E-state index contributed by atoms with van der Waals surface area (Å²) in [6, 6.07) is 15.2. The summed E-state index contributed by atoms with van der Waals surface area (Å²) >= 11 is 0. The fourth-order valence-electron chi connectivity index (χ4n) is 3.17. The molecule has 0 aliphatic heterocycles. The van der Waals surface area contributed by atoms with E-state index in [1.165, 1.54) is 5.56 Å². The van der Waals surface area contributed by atoms with Gasteiger partial charge in [-0.15, -0.1) is 0 Å². The minimum Gasteiger partial charge on any atom is -0.497 e. The number of nitrogens with one attached hydrogen (secondary N) is 1. The molecule has 5 nitrogen and oxygen atoms in total. The molecule has 0 aliphatic carbocycles. The van der Waals surface area contributed by atoms with Crippen LogP contribution in [0.5, 0.6) is 5.75 Å². The molecular weight excluding hydrogens is 376 g/mol. The van der Waals surface area contributed by atoms with E-state index in [4.69, 9.17) is 4.74 Å². The molecular formula is C25H34N2O3. The quantitative estimate of drug-likeness (QED) is 0.707. The normalized spacial score (nSPS) is 12.2. The fraction of sp³-hybridized carbons (Fsp3) is 0.440. The van der Waals surface area contributed by atoms with E-state index in [0.29, 0.717) is 19.4 Å². The maximum Gasteiger partial charge on any atom is 0.242 e. The molecule has 0 heterocycles. The first-order valence-corrected chi connectivity index (χ1v) is 10.4. The molecule has 0 saturated heterocycles. The molecule has 1 N–H and O–H groups in total. The van der Waals surface area contributed by atoms with Gasteiger partial charge in [0.1, 0.15) is 11.8 Å². The number of carbonyl (C=O) groups excluding carboxylic acids is 2. The van der Waals surface area contributed by atoms with Gasteiger partial charge >= 0.3 is 0 Å². The Hall–Kier alpha value is -2.82. The van der Waals surface area contributed by atoms with Gasteiger partial charge < -0.3 is 15.0 Å². The molecule has 0 bridgehead atoms. The van der Waals surface area contributed by atoms with Crippen molar-refractivity contribution in [2.45, 2.75) is 65.6 Å². The number of ether oxygens (including phenoxy) is 1. The highest BCUT2D eigenvalue weighted by molar-refractivity contribution is 5.87. The fourth-order valence-corrected chi connectivity index (χ4v) is 3.17. The second kappa shape index (κ2) is 10.3. The molecule has 0 saturated carbocycles. The number of hydrogen-bond acceptors (Lipinski definition) is 3. The van der Waals surface area contributed by atoms with E-state index in [2.05, 4.69) is 5.32 Å². The summed E-state index contributed by atoms with van der Waals surface area (Å²) in [4.78, 5) is 27.6. The van der Waals surface area contributed by atoms with Gasteiger partial charge in [0.2, 0.25) is 11.8 Å². The van der Waals surface area contributed by atoms with Crippen molar-refractivity contribution < 1.29 is 14.3 Å². The first-order chi connectivity index (χ1) is 14.1. The Morgan fingerprint density at radius 2 is 1.73 bits per heavy atom. The SMILES string of the molecule is COc1cccc(CN(C(=O)CCc2ccc(C)cc2)[C@H](C)C(=O)NC(C)(C)C)c1. The van der Waals surface area contributed by atoms with Crippen molar-refractivity contribution in [3.63, 3.8) is 0 Å². The van der Waals surface area contributed by atoms with Gasteiger partial charge in [-0.2, -0.15) is 0 Å². The third kappa shape index (κ3) is 7.21. The number of nitrogens with zero attached hydrogens (tertiary/aromatic N) is 1. The van der Waals surface area contributed by atoms with Crippen LogP contribution in [-0.4, -0.2) is 35.4 Å². The molecule has 1 atom stereocenters. The third-order valence-corrected chi connectivity index (χ3v) is 4.90. The topological polar surface area (TPSA) is 58.6 Å². The number of methoxy groups -OCH3 is 1. The van der Waals surface area contributed by atoms with Crippen LogP contribution in [-0.2, 0) is 22.6 Å². The van der Waals surface area contributed by atoms with Gasteiger partial charge in [0, 0.05) is 18.5 Å². The molecule has 2 amide bonds. The zero-order chi connectivity index (χ0) is 22.3. The predicted octanol–water partition coefficient (Wildman–Crippen LogP) is 4.27. The van der Waals surface area contributed by atoms with Crippen molar-refractivity contribution in [2.75, 3.05) is 7.11 Å². The van der Waals surface area contributed by atoms with Crippen LogP contribution in [0.4, 0.5) is 0 Å². The molecule has 30 heavy (non-hydrogen) atoms. The number of carbonyl (C=O) groups is 2. The first kappa shape index (κ1) is 23.5. The summed E-state index contributed by atoms with van der Waals surface area (Å²) in [5.74, 6) is 0.524. The lowest BCUT2D eigenvalue weighted by Gasteiger charge is -2.31. The highest BCUT2D eigenvalue weighted by Gasteiger charge is 2.28. The second-order valence-corrected chi connectivity index (χ2v) is 8.77. The van der Waals surface area contributed by atoms with E-state index in [9.17, 15) is 9.59 Å². The summed E-state index contributed by atoms with van der Waals surface area (Å²) in [5, 5.41) is 2.99. The Morgan fingerprint density at radius 3 is 2.33 bits per heavy atom. The Morgan fingerprint density at radius 1 is 1.07 bits per heavy atom. The molecule has 0 fully saturated rings. The molecule has 0 unspecified atom stereocenters. The lowest BCUT2D eigenvalue weighted by molar-refractivity contribution is -0.141. The van der Waals surface area contributed by atoms with Crippen LogP contribution in [0.25, 0.3) is 0 Å². The summed E-state index contributed by atoms with van der Waals surface area (Å²) in [5.41, 5.74) is 2.87. The van der Waals surface area contributed by atoms with E-state index < -0.39 is 6.04 Å². The summed E-state index contributed by atoms with van der Waals surface area (Å²) in [6.45, 7) is 9.98. The standard InChI is InChI=1S/C25H34N2O3/c1-18-10-12-20(13-11-18)14-15-23(28)27(19(2)24(29)26-25(3,4)5)17-21-8-7-9-22(16-21)30-6/h7-13,16,19H,14-15,17H2,1-6H3,(H,26,29)/t19-/m1/s1. The Kier molecular flexibility index (Phi) is 8.04. The molecule has 5 heteroatoms. The second-order valence-electron chi connectivity index (χ2n) is 8.77. The zero-order valence-electron chi connectivity index (χ0n) is 19.0. The van der Waals surface area contributed by atoms with Crippen molar-refractivity contribution in [2.24, 2.45) is 0 Å². The van der Waals surface area contributed by atoms with Crippen LogP contribution in [0, 0.1) is 6.92 Å². The summed E-state index contributed by atoms with van der Waals surface area (Å²) < 4.78 is 5.30. The number of amides is 2. The maximum absolute atomic E-state index is 13.2. The van der Waals surface area contributed by atoms with Crippen molar-refractivity contribution in [1.82, 2.24) is 10.2 Å². The third-order valence-electron chi connectivity index (χ3n) is 4.90. The number of rotatable bonds is 8. The number of aryl methyl sites for hydroxylation is 2. The van der Waals surface area contributed by atoms with Gasteiger partial charge in [-0.05, 0) is 64.3 Å². The molecule has 162 valence electrons. The average Bonchev–Trinajstić information content (AvgIpc) is 2.69. The van der Waals surface area contributed by atoms with Crippen LogP contribution < -0.4 is 10.1 Å².